The van der Waals surface area contributed by atoms with Crippen LogP contribution in [0.2, 0.25) is 0 Å². The summed E-state index contributed by atoms with van der Waals surface area (Å²) in [5, 5.41) is 3.99. The van der Waals surface area contributed by atoms with Crippen LogP contribution >= 0.6 is 15.9 Å². The number of esters is 1. The number of nitrogens with zero attached hydrogens (tertiary/aromatic N) is 3. The molecule has 86 valence electrons. The number of aromatic nitrogens is 3. The zero-order valence-corrected chi connectivity index (χ0v) is 10.2. The highest BCUT2D eigenvalue weighted by molar-refractivity contribution is 9.10. The first kappa shape index (κ1) is 11.3. The number of ether oxygens (including phenoxy) is 1. The van der Waals surface area contributed by atoms with Crippen LogP contribution < -0.4 is 0 Å². The number of rotatable bonds is 2. The molecule has 0 aliphatic carbocycles. The van der Waals surface area contributed by atoms with E-state index in [1.807, 2.05) is 0 Å². The average Bonchev–Trinajstić information content (AvgIpc) is 2.60. The lowest BCUT2D eigenvalue weighted by Crippen LogP contribution is -2.34. The SMILES string of the molecule is CCOC(=O)C1CCn2nc(Br)nc2C1=O. The summed E-state index contributed by atoms with van der Waals surface area (Å²) < 4.78 is 6.71. The molecule has 6 nitrogen and oxygen atoms in total. The standard InChI is InChI=1S/C9H10BrN3O3/c1-2-16-8(15)5-3-4-13-7(6(5)14)11-9(10)12-13/h5H,2-4H2,1H3. The second-order valence-corrected chi connectivity index (χ2v) is 4.09. The Hall–Kier alpha value is -1.24. The fraction of sp³-hybridized carbons (Fsp3) is 0.556. The van der Waals surface area contributed by atoms with Crippen molar-refractivity contribution < 1.29 is 14.3 Å². The molecule has 1 aliphatic rings. The van der Waals surface area contributed by atoms with E-state index in [1.165, 1.54) is 4.68 Å². The van der Waals surface area contributed by atoms with E-state index in [9.17, 15) is 9.59 Å². The zero-order valence-electron chi connectivity index (χ0n) is 8.64. The van der Waals surface area contributed by atoms with Gasteiger partial charge in [0.1, 0.15) is 5.92 Å². The maximum atomic E-state index is 11.9. The molecule has 0 spiro atoms. The van der Waals surface area contributed by atoms with Crippen LogP contribution in [0.3, 0.4) is 0 Å². The van der Waals surface area contributed by atoms with E-state index in [4.69, 9.17) is 4.74 Å². The molecular formula is C9H10BrN3O3. The molecule has 0 saturated carbocycles. The minimum Gasteiger partial charge on any atom is -0.465 e. The molecule has 1 atom stereocenters. The van der Waals surface area contributed by atoms with Crippen molar-refractivity contribution in [3.8, 4) is 0 Å². The number of fused-ring (bicyclic) bond motifs is 1. The first-order chi connectivity index (χ1) is 7.63. The van der Waals surface area contributed by atoms with Crippen LogP contribution in [0, 0.1) is 5.92 Å². The summed E-state index contributed by atoms with van der Waals surface area (Å²) in [6, 6.07) is 0. The molecule has 2 heterocycles. The van der Waals surface area contributed by atoms with E-state index >= 15 is 0 Å². The highest BCUT2D eigenvalue weighted by Crippen LogP contribution is 2.21. The molecule has 1 aliphatic heterocycles. The Labute approximate surface area is 100 Å². The first-order valence-corrected chi connectivity index (χ1v) is 5.74. The van der Waals surface area contributed by atoms with Crippen molar-refractivity contribution in [2.45, 2.75) is 19.9 Å². The van der Waals surface area contributed by atoms with E-state index in [0.29, 0.717) is 17.7 Å². The minimum absolute atomic E-state index is 0.219. The van der Waals surface area contributed by atoms with Gasteiger partial charge >= 0.3 is 5.97 Å². The Bertz CT molecular complexity index is 443. The number of hydrogen-bond donors (Lipinski definition) is 0. The van der Waals surface area contributed by atoms with Crippen molar-refractivity contribution in [3.05, 3.63) is 10.6 Å². The average molecular weight is 288 g/mol. The van der Waals surface area contributed by atoms with E-state index < -0.39 is 11.9 Å². The molecule has 0 bridgehead atoms. The molecule has 0 fully saturated rings. The number of carbonyl (C=O) groups is 2. The molecule has 1 aromatic rings. The number of ketones is 1. The third-order valence-electron chi connectivity index (χ3n) is 2.38. The van der Waals surface area contributed by atoms with Crippen molar-refractivity contribution in [2.24, 2.45) is 5.92 Å². The number of halogens is 1. The highest BCUT2D eigenvalue weighted by Gasteiger charge is 2.36. The van der Waals surface area contributed by atoms with Gasteiger partial charge in [-0.1, -0.05) is 0 Å². The molecule has 1 aromatic heterocycles. The van der Waals surface area contributed by atoms with Gasteiger partial charge in [-0.05, 0) is 29.3 Å². The molecule has 7 heteroatoms. The van der Waals surface area contributed by atoms with E-state index in [0.717, 1.165) is 0 Å². The van der Waals surface area contributed by atoms with Crippen molar-refractivity contribution in [1.82, 2.24) is 14.8 Å². The minimum atomic E-state index is -0.733. The molecule has 0 N–H and O–H groups in total. The molecule has 0 aromatic carbocycles. The van der Waals surface area contributed by atoms with E-state index in [1.54, 1.807) is 6.92 Å². The van der Waals surface area contributed by atoms with Crippen LogP contribution in [-0.4, -0.2) is 33.1 Å². The van der Waals surface area contributed by atoms with E-state index in [2.05, 4.69) is 26.0 Å². The summed E-state index contributed by atoms with van der Waals surface area (Å²) in [6.45, 7) is 2.49. The van der Waals surface area contributed by atoms with Crippen molar-refractivity contribution in [2.75, 3.05) is 6.61 Å². The summed E-state index contributed by atoms with van der Waals surface area (Å²) in [7, 11) is 0. The summed E-state index contributed by atoms with van der Waals surface area (Å²) in [4.78, 5) is 27.4. The van der Waals surface area contributed by atoms with Crippen LogP contribution in [0.25, 0.3) is 0 Å². The molecule has 0 saturated heterocycles. The number of carbonyl (C=O) groups excluding carboxylic acids is 2. The summed E-state index contributed by atoms with van der Waals surface area (Å²) in [5.41, 5.74) is 0. The Morgan fingerprint density at radius 1 is 1.69 bits per heavy atom. The van der Waals surface area contributed by atoms with Gasteiger partial charge in [-0.2, -0.15) is 4.98 Å². The lowest BCUT2D eigenvalue weighted by molar-refractivity contribution is -0.146. The van der Waals surface area contributed by atoms with Crippen LogP contribution in [0.5, 0.6) is 0 Å². The predicted molar refractivity (Wildman–Crippen MR) is 56.8 cm³/mol. The Morgan fingerprint density at radius 3 is 3.12 bits per heavy atom. The molecular weight excluding hydrogens is 278 g/mol. The molecule has 0 radical (unpaired) electrons. The third-order valence-corrected chi connectivity index (χ3v) is 2.72. The van der Waals surface area contributed by atoms with Crippen molar-refractivity contribution in [1.29, 1.82) is 0 Å². The van der Waals surface area contributed by atoms with Crippen LogP contribution in [0.4, 0.5) is 0 Å². The fourth-order valence-electron chi connectivity index (χ4n) is 1.66. The molecule has 2 rings (SSSR count). The van der Waals surface area contributed by atoms with Gasteiger partial charge in [0.25, 0.3) is 0 Å². The lowest BCUT2D eigenvalue weighted by Gasteiger charge is -2.18. The summed E-state index contributed by atoms with van der Waals surface area (Å²) >= 11 is 3.10. The van der Waals surface area contributed by atoms with Crippen molar-refractivity contribution >= 4 is 27.7 Å². The topological polar surface area (TPSA) is 74.1 Å². The zero-order chi connectivity index (χ0) is 11.7. The number of aryl methyl sites for hydroxylation is 1. The van der Waals surface area contributed by atoms with Gasteiger partial charge in [-0.3, -0.25) is 9.59 Å². The normalized spacial score (nSPS) is 19.4. The Kier molecular flexibility index (Phi) is 3.04. The van der Waals surface area contributed by atoms with Gasteiger partial charge in [-0.25, -0.2) is 4.68 Å². The highest BCUT2D eigenvalue weighted by atomic mass is 79.9. The first-order valence-electron chi connectivity index (χ1n) is 4.94. The van der Waals surface area contributed by atoms with Gasteiger partial charge in [0.05, 0.1) is 6.61 Å². The van der Waals surface area contributed by atoms with Crippen LogP contribution in [0.15, 0.2) is 4.73 Å². The quantitative estimate of drug-likeness (QED) is 0.594. The summed E-state index contributed by atoms with van der Waals surface area (Å²) in [5.74, 6) is -1.31. The number of Topliss-reactive ketones (excluding diaryl/α,β-unsaturated/α-hetero) is 1. The monoisotopic (exact) mass is 287 g/mol. The largest absolute Gasteiger partial charge is 0.465 e. The third kappa shape index (κ3) is 1.87. The van der Waals surface area contributed by atoms with Gasteiger partial charge < -0.3 is 4.74 Å². The summed E-state index contributed by atoms with van der Waals surface area (Å²) in [6.07, 6.45) is 0.417. The van der Waals surface area contributed by atoms with Crippen LogP contribution in [-0.2, 0) is 16.1 Å². The Balaban J connectivity index is 2.24. The van der Waals surface area contributed by atoms with Gasteiger partial charge in [0.2, 0.25) is 10.5 Å². The van der Waals surface area contributed by atoms with Gasteiger partial charge in [0, 0.05) is 6.54 Å². The number of hydrogen-bond acceptors (Lipinski definition) is 5. The smallest absolute Gasteiger partial charge is 0.317 e. The van der Waals surface area contributed by atoms with Crippen molar-refractivity contribution in [3.63, 3.8) is 0 Å². The maximum absolute atomic E-state index is 11.9. The van der Waals surface area contributed by atoms with Gasteiger partial charge in [0.15, 0.2) is 5.82 Å². The van der Waals surface area contributed by atoms with Gasteiger partial charge in [-0.15, -0.1) is 5.10 Å². The molecule has 1 unspecified atom stereocenters. The van der Waals surface area contributed by atoms with E-state index in [-0.39, 0.29) is 18.2 Å². The Morgan fingerprint density at radius 2 is 2.44 bits per heavy atom. The second-order valence-electron chi connectivity index (χ2n) is 3.39. The van der Waals surface area contributed by atoms with Crippen LogP contribution in [0.1, 0.15) is 24.0 Å². The molecule has 0 amide bonds. The molecule has 16 heavy (non-hydrogen) atoms. The lowest BCUT2D eigenvalue weighted by atomic mass is 9.97. The fourth-order valence-corrected chi connectivity index (χ4v) is 2.02. The maximum Gasteiger partial charge on any atom is 0.317 e. The predicted octanol–water partition coefficient (Wildman–Crippen LogP) is 0.806. The second kappa shape index (κ2) is 4.32.